The Bertz CT molecular complexity index is 232. The van der Waals surface area contributed by atoms with Crippen molar-refractivity contribution in [3.63, 3.8) is 0 Å². The highest BCUT2D eigenvalue weighted by Crippen LogP contribution is 2.18. The molecule has 0 unspecified atom stereocenters. The van der Waals surface area contributed by atoms with E-state index in [1.807, 2.05) is 0 Å². The molecule has 0 amide bonds. The lowest BCUT2D eigenvalue weighted by atomic mass is 10.2. The summed E-state index contributed by atoms with van der Waals surface area (Å²) in [6.07, 6.45) is 0. The van der Waals surface area contributed by atoms with Crippen molar-refractivity contribution in [3.8, 4) is 0 Å². The fraction of sp³-hybridized carbons (Fsp3) is 1.00. The third kappa shape index (κ3) is 9.51. The van der Waals surface area contributed by atoms with Crippen LogP contribution in [0.5, 0.6) is 0 Å². The number of thiol groups is 2. The van der Waals surface area contributed by atoms with E-state index >= 15 is 0 Å². The zero-order chi connectivity index (χ0) is 14.5. The smallest absolute Gasteiger partial charge is 0.0200 e. The Morgan fingerprint density at radius 2 is 1.16 bits per heavy atom. The van der Waals surface area contributed by atoms with Gasteiger partial charge in [0.05, 0.1) is 0 Å². The highest BCUT2D eigenvalue weighted by atomic mass is 32.2. The van der Waals surface area contributed by atoms with Crippen molar-refractivity contribution < 1.29 is 0 Å². The van der Waals surface area contributed by atoms with Crippen molar-refractivity contribution >= 4 is 37.0 Å². The quantitative estimate of drug-likeness (QED) is 0.769. The summed E-state index contributed by atoms with van der Waals surface area (Å²) in [6, 6.07) is 0. The van der Waals surface area contributed by atoms with E-state index in [-0.39, 0.29) is 9.49 Å². The van der Waals surface area contributed by atoms with Crippen LogP contribution in [0.2, 0.25) is 0 Å². The number of hydrogen-bond acceptors (Lipinski definition) is 5. The molecule has 0 aliphatic carbocycles. The highest BCUT2D eigenvalue weighted by Gasteiger charge is 2.21. The first kappa shape index (κ1) is 18.0. The largest absolute Gasteiger partial charge is 0.300 e. The number of thioether (sulfide) groups is 1. The summed E-state index contributed by atoms with van der Waals surface area (Å²) >= 11 is 11.4. The molecule has 0 N–H and O–H groups in total. The van der Waals surface area contributed by atoms with Gasteiger partial charge in [-0.05, 0) is 27.7 Å². The standard InChI is InChI=1S/C14H30N2S3/c1-13(2,17)11-15-5-6-16(12-14(3,4)18)8-10-19-9-7-15/h17-18H,5-12H2,1-4H3. The summed E-state index contributed by atoms with van der Waals surface area (Å²) in [5.74, 6) is 2.48. The van der Waals surface area contributed by atoms with Gasteiger partial charge < -0.3 is 0 Å². The zero-order valence-corrected chi connectivity index (χ0v) is 15.5. The summed E-state index contributed by atoms with van der Waals surface area (Å²) in [7, 11) is 0. The number of rotatable bonds is 4. The fourth-order valence-electron chi connectivity index (χ4n) is 2.41. The summed E-state index contributed by atoms with van der Waals surface area (Å²) < 4.78 is 0.179. The third-order valence-corrected chi connectivity index (χ3v) is 4.28. The van der Waals surface area contributed by atoms with Gasteiger partial charge in [0.15, 0.2) is 0 Å². The maximum absolute atomic E-state index is 4.67. The molecular formula is C14H30N2S3. The molecular weight excluding hydrogens is 292 g/mol. The Morgan fingerprint density at radius 1 is 0.789 bits per heavy atom. The van der Waals surface area contributed by atoms with Gasteiger partial charge >= 0.3 is 0 Å². The van der Waals surface area contributed by atoms with Crippen molar-refractivity contribution in [2.75, 3.05) is 50.8 Å². The summed E-state index contributed by atoms with van der Waals surface area (Å²) in [5.41, 5.74) is 0. The minimum atomic E-state index is 0.0897. The minimum Gasteiger partial charge on any atom is -0.300 e. The molecule has 0 bridgehead atoms. The Kier molecular flexibility index (Phi) is 7.43. The van der Waals surface area contributed by atoms with Crippen molar-refractivity contribution in [1.29, 1.82) is 0 Å². The second-order valence-corrected chi connectivity index (χ2v) is 10.4. The highest BCUT2D eigenvalue weighted by molar-refractivity contribution is 7.99. The Balaban J connectivity index is 2.52. The van der Waals surface area contributed by atoms with Crippen LogP contribution in [0, 0.1) is 0 Å². The average Bonchev–Trinajstić information content (AvgIpc) is 2.28. The predicted octanol–water partition coefficient (Wildman–Crippen LogP) is 2.75. The van der Waals surface area contributed by atoms with Gasteiger partial charge in [0.1, 0.15) is 0 Å². The molecule has 0 aromatic heterocycles. The molecule has 1 aliphatic rings. The first-order valence-corrected chi connectivity index (χ1v) is 9.18. The molecule has 1 fully saturated rings. The average molecular weight is 323 g/mol. The van der Waals surface area contributed by atoms with Gasteiger partial charge in [-0.2, -0.15) is 37.0 Å². The van der Waals surface area contributed by atoms with E-state index in [4.69, 9.17) is 0 Å². The first-order valence-electron chi connectivity index (χ1n) is 7.13. The Labute approximate surface area is 134 Å². The van der Waals surface area contributed by atoms with Gasteiger partial charge in [-0.3, -0.25) is 9.80 Å². The van der Waals surface area contributed by atoms with E-state index in [0.29, 0.717) is 0 Å². The second kappa shape index (κ2) is 7.83. The molecule has 0 aromatic carbocycles. The zero-order valence-electron chi connectivity index (χ0n) is 12.9. The van der Waals surface area contributed by atoms with Crippen LogP contribution >= 0.6 is 37.0 Å². The Hall–Kier alpha value is 0.970. The SMILES string of the molecule is CC(C)(S)CN1CCSCCN(CC(C)(C)S)CC1. The lowest BCUT2D eigenvalue weighted by Crippen LogP contribution is -2.43. The lowest BCUT2D eigenvalue weighted by Gasteiger charge is -2.32. The van der Waals surface area contributed by atoms with E-state index < -0.39 is 0 Å². The van der Waals surface area contributed by atoms with Crippen LogP contribution in [0.3, 0.4) is 0 Å². The van der Waals surface area contributed by atoms with Crippen molar-refractivity contribution in [2.45, 2.75) is 37.2 Å². The topological polar surface area (TPSA) is 6.48 Å². The van der Waals surface area contributed by atoms with Crippen LogP contribution in [0.1, 0.15) is 27.7 Å². The first-order chi connectivity index (χ1) is 8.66. The molecule has 1 saturated heterocycles. The van der Waals surface area contributed by atoms with E-state index in [1.165, 1.54) is 24.6 Å². The van der Waals surface area contributed by atoms with Crippen LogP contribution in [-0.2, 0) is 0 Å². The predicted molar refractivity (Wildman–Crippen MR) is 96.3 cm³/mol. The molecule has 1 aliphatic heterocycles. The normalized spacial score (nSPS) is 21.8. The molecule has 1 heterocycles. The van der Waals surface area contributed by atoms with Crippen LogP contribution < -0.4 is 0 Å². The van der Waals surface area contributed by atoms with Gasteiger partial charge in [-0.25, -0.2) is 0 Å². The van der Waals surface area contributed by atoms with Gasteiger partial charge in [0.2, 0.25) is 0 Å². The van der Waals surface area contributed by atoms with Gasteiger partial charge in [-0.1, -0.05) is 0 Å². The van der Waals surface area contributed by atoms with E-state index in [9.17, 15) is 0 Å². The maximum Gasteiger partial charge on any atom is 0.0200 e. The molecule has 5 heteroatoms. The molecule has 2 nitrogen and oxygen atoms in total. The monoisotopic (exact) mass is 322 g/mol. The molecule has 114 valence electrons. The van der Waals surface area contributed by atoms with E-state index in [0.717, 1.165) is 26.2 Å². The molecule has 1 rings (SSSR count). The van der Waals surface area contributed by atoms with E-state index in [2.05, 4.69) is 74.5 Å². The van der Waals surface area contributed by atoms with Gasteiger partial charge in [-0.15, -0.1) is 0 Å². The van der Waals surface area contributed by atoms with Crippen molar-refractivity contribution in [2.24, 2.45) is 0 Å². The molecule has 0 radical (unpaired) electrons. The van der Waals surface area contributed by atoms with Crippen molar-refractivity contribution in [3.05, 3.63) is 0 Å². The van der Waals surface area contributed by atoms with Crippen LogP contribution in [-0.4, -0.2) is 70.1 Å². The fourth-order valence-corrected chi connectivity index (χ4v) is 3.79. The number of hydrogen-bond donors (Lipinski definition) is 2. The Morgan fingerprint density at radius 3 is 1.47 bits per heavy atom. The van der Waals surface area contributed by atoms with Gasteiger partial charge in [0, 0.05) is 60.3 Å². The van der Waals surface area contributed by atoms with Crippen LogP contribution in [0.25, 0.3) is 0 Å². The summed E-state index contributed by atoms with van der Waals surface area (Å²) in [5, 5.41) is 0. The van der Waals surface area contributed by atoms with Crippen LogP contribution in [0.15, 0.2) is 0 Å². The molecule has 19 heavy (non-hydrogen) atoms. The van der Waals surface area contributed by atoms with Gasteiger partial charge in [0.25, 0.3) is 0 Å². The lowest BCUT2D eigenvalue weighted by molar-refractivity contribution is 0.204. The van der Waals surface area contributed by atoms with Crippen LogP contribution in [0.4, 0.5) is 0 Å². The maximum atomic E-state index is 4.67. The molecule has 0 atom stereocenters. The minimum absolute atomic E-state index is 0.0897. The summed E-state index contributed by atoms with van der Waals surface area (Å²) in [4.78, 5) is 5.12. The number of nitrogens with zero attached hydrogens (tertiary/aromatic N) is 2. The third-order valence-electron chi connectivity index (χ3n) is 3.06. The summed E-state index contributed by atoms with van der Waals surface area (Å²) in [6.45, 7) is 15.6. The van der Waals surface area contributed by atoms with Crippen molar-refractivity contribution in [1.82, 2.24) is 9.80 Å². The van der Waals surface area contributed by atoms with E-state index in [1.54, 1.807) is 0 Å². The molecule has 0 aromatic rings. The molecule has 0 saturated carbocycles. The second-order valence-electron chi connectivity index (χ2n) is 6.79. The molecule has 0 spiro atoms.